The predicted octanol–water partition coefficient (Wildman–Crippen LogP) is -1.94. The van der Waals surface area contributed by atoms with Gasteiger partial charge in [0, 0.05) is 13.1 Å². The van der Waals surface area contributed by atoms with E-state index in [-0.39, 0.29) is 24.7 Å². The van der Waals surface area contributed by atoms with Crippen molar-refractivity contribution in [3.05, 3.63) is 0 Å². The third-order valence-corrected chi connectivity index (χ3v) is 2.44. The molecule has 1 rings (SSSR count). The lowest BCUT2D eigenvalue weighted by Crippen LogP contribution is -2.54. The molecule has 2 unspecified atom stereocenters. The van der Waals surface area contributed by atoms with Crippen LogP contribution in [-0.2, 0) is 9.53 Å². The first-order chi connectivity index (χ1) is 6.69. The summed E-state index contributed by atoms with van der Waals surface area (Å²) in [5, 5.41) is 8.91. The maximum absolute atomic E-state index is 11.2. The van der Waals surface area contributed by atoms with Gasteiger partial charge in [0.1, 0.15) is 0 Å². The first-order valence-corrected chi connectivity index (χ1v) is 4.66. The Morgan fingerprint density at radius 3 is 3.14 bits per heavy atom. The molecule has 6 heteroatoms. The molecule has 1 aliphatic heterocycles. The number of morpholine rings is 1. The third kappa shape index (κ3) is 2.65. The number of nitrogens with two attached hydrogens (primary N) is 1. The fraction of sp³-hybridized carbons (Fsp3) is 0.875. The average molecular weight is 203 g/mol. The Labute approximate surface area is 83.0 Å². The number of hydrogen-bond acceptors (Lipinski definition) is 5. The Morgan fingerprint density at radius 2 is 2.57 bits per heavy atom. The number of hydrogen-bond donors (Lipinski definition) is 3. The second kappa shape index (κ2) is 5.26. The number of nitrogens with zero attached hydrogens (tertiary/aromatic N) is 1. The number of aliphatic hydroxyl groups excluding tert-OH is 1. The van der Waals surface area contributed by atoms with Crippen molar-refractivity contribution >= 4 is 5.91 Å². The first kappa shape index (κ1) is 11.4. The smallest absolute Gasteiger partial charge is 0.250 e. The van der Waals surface area contributed by atoms with Crippen LogP contribution in [0.1, 0.15) is 6.92 Å². The third-order valence-electron chi connectivity index (χ3n) is 2.44. The molecular formula is C8H17N3O3. The Kier molecular flexibility index (Phi) is 4.27. The van der Waals surface area contributed by atoms with Crippen LogP contribution in [0.15, 0.2) is 0 Å². The van der Waals surface area contributed by atoms with E-state index in [0.717, 1.165) is 0 Å². The highest BCUT2D eigenvalue weighted by atomic mass is 16.5. The number of nitrogens with one attached hydrogen (secondary N) is 1. The molecule has 0 aromatic carbocycles. The molecular weight excluding hydrogens is 186 g/mol. The lowest BCUT2D eigenvalue weighted by molar-refractivity contribution is -0.130. The lowest BCUT2D eigenvalue weighted by atomic mass is 10.2. The van der Waals surface area contributed by atoms with Gasteiger partial charge in [-0.05, 0) is 6.92 Å². The van der Waals surface area contributed by atoms with Gasteiger partial charge in [0.15, 0.2) is 0 Å². The van der Waals surface area contributed by atoms with E-state index < -0.39 is 0 Å². The van der Waals surface area contributed by atoms with Crippen molar-refractivity contribution in [1.29, 1.82) is 0 Å². The zero-order chi connectivity index (χ0) is 10.6. The predicted molar refractivity (Wildman–Crippen MR) is 50.2 cm³/mol. The Balaban J connectivity index is 2.46. The van der Waals surface area contributed by atoms with Crippen molar-refractivity contribution in [2.45, 2.75) is 19.1 Å². The average Bonchev–Trinajstić information content (AvgIpc) is 2.27. The highest BCUT2D eigenvalue weighted by Crippen LogP contribution is 2.08. The number of hydrazine groups is 1. The molecule has 0 radical (unpaired) electrons. The highest BCUT2D eigenvalue weighted by molar-refractivity contribution is 5.80. The second-order valence-corrected chi connectivity index (χ2v) is 3.35. The number of aliphatic hydroxyl groups is 1. The monoisotopic (exact) mass is 203 g/mol. The van der Waals surface area contributed by atoms with Gasteiger partial charge in [-0.1, -0.05) is 0 Å². The van der Waals surface area contributed by atoms with Gasteiger partial charge in [-0.15, -0.1) is 0 Å². The molecule has 0 bridgehead atoms. The van der Waals surface area contributed by atoms with E-state index in [2.05, 4.69) is 5.43 Å². The summed E-state index contributed by atoms with van der Waals surface area (Å²) in [6.45, 7) is 3.54. The molecule has 1 aliphatic rings. The van der Waals surface area contributed by atoms with E-state index in [1.165, 1.54) is 0 Å². The summed E-state index contributed by atoms with van der Waals surface area (Å²) in [5.74, 6) is 4.82. The quantitative estimate of drug-likeness (QED) is 0.282. The first-order valence-electron chi connectivity index (χ1n) is 4.66. The van der Waals surface area contributed by atoms with Gasteiger partial charge < -0.3 is 9.84 Å². The molecule has 1 fully saturated rings. The van der Waals surface area contributed by atoms with Crippen LogP contribution >= 0.6 is 0 Å². The fourth-order valence-corrected chi connectivity index (χ4v) is 1.49. The van der Waals surface area contributed by atoms with Gasteiger partial charge >= 0.3 is 0 Å². The van der Waals surface area contributed by atoms with Crippen molar-refractivity contribution in [3.8, 4) is 0 Å². The van der Waals surface area contributed by atoms with Gasteiger partial charge in [-0.2, -0.15) is 0 Å². The zero-order valence-electron chi connectivity index (χ0n) is 8.27. The van der Waals surface area contributed by atoms with E-state index in [1.807, 2.05) is 4.90 Å². The Morgan fingerprint density at radius 1 is 1.86 bits per heavy atom. The summed E-state index contributed by atoms with van der Waals surface area (Å²) in [7, 11) is 0. The van der Waals surface area contributed by atoms with Crippen LogP contribution in [0, 0.1) is 0 Å². The summed E-state index contributed by atoms with van der Waals surface area (Å²) in [4.78, 5) is 13.2. The molecule has 0 spiro atoms. The maximum atomic E-state index is 11.2. The van der Waals surface area contributed by atoms with E-state index in [9.17, 15) is 4.79 Å². The van der Waals surface area contributed by atoms with Crippen LogP contribution in [0.4, 0.5) is 0 Å². The van der Waals surface area contributed by atoms with Crippen molar-refractivity contribution in [1.82, 2.24) is 10.3 Å². The zero-order valence-corrected chi connectivity index (χ0v) is 8.27. The minimum absolute atomic E-state index is 0.0204. The number of carbonyl (C=O) groups is 1. The lowest BCUT2D eigenvalue weighted by Gasteiger charge is -2.35. The van der Waals surface area contributed by atoms with Gasteiger partial charge in [-0.3, -0.25) is 15.1 Å². The standard InChI is InChI=1S/C8H17N3O3/c1-6(8(13)10-9)11-2-3-14-7(4-11)5-12/h6-7,12H,2-5,9H2,1H3,(H,10,13). The molecule has 0 aromatic rings. The van der Waals surface area contributed by atoms with Crippen molar-refractivity contribution in [3.63, 3.8) is 0 Å². The van der Waals surface area contributed by atoms with Crippen LogP contribution in [-0.4, -0.2) is 54.4 Å². The Bertz CT molecular complexity index is 200. The molecule has 0 aromatic heterocycles. The van der Waals surface area contributed by atoms with Crippen LogP contribution in [0.5, 0.6) is 0 Å². The molecule has 1 amide bonds. The summed E-state index contributed by atoms with van der Waals surface area (Å²) in [5.41, 5.74) is 2.11. The Hall–Kier alpha value is -0.690. The summed E-state index contributed by atoms with van der Waals surface area (Å²) >= 11 is 0. The SMILES string of the molecule is CC(C(=O)NN)N1CCOC(CO)C1. The minimum atomic E-state index is -0.280. The van der Waals surface area contributed by atoms with Crippen LogP contribution in [0.2, 0.25) is 0 Å². The van der Waals surface area contributed by atoms with Gasteiger partial charge in [0.2, 0.25) is 0 Å². The summed E-state index contributed by atoms with van der Waals surface area (Å²) in [6, 6.07) is -0.280. The highest BCUT2D eigenvalue weighted by Gasteiger charge is 2.26. The summed E-state index contributed by atoms with van der Waals surface area (Å²) in [6.07, 6.45) is -0.197. The van der Waals surface area contributed by atoms with E-state index >= 15 is 0 Å². The topological polar surface area (TPSA) is 87.8 Å². The van der Waals surface area contributed by atoms with Crippen molar-refractivity contribution in [2.24, 2.45) is 5.84 Å². The van der Waals surface area contributed by atoms with Crippen LogP contribution < -0.4 is 11.3 Å². The normalized spacial score (nSPS) is 25.8. The molecule has 0 aliphatic carbocycles. The van der Waals surface area contributed by atoms with E-state index in [0.29, 0.717) is 19.7 Å². The maximum Gasteiger partial charge on any atom is 0.250 e. The molecule has 0 saturated carbocycles. The van der Waals surface area contributed by atoms with E-state index in [1.54, 1.807) is 6.92 Å². The molecule has 82 valence electrons. The fourth-order valence-electron chi connectivity index (χ4n) is 1.49. The van der Waals surface area contributed by atoms with Gasteiger partial charge in [0.05, 0.1) is 25.4 Å². The molecule has 4 N–H and O–H groups in total. The molecule has 2 atom stereocenters. The second-order valence-electron chi connectivity index (χ2n) is 3.35. The van der Waals surface area contributed by atoms with Gasteiger partial charge in [0.25, 0.3) is 5.91 Å². The number of ether oxygens (including phenoxy) is 1. The summed E-state index contributed by atoms with van der Waals surface area (Å²) < 4.78 is 5.27. The molecule has 6 nitrogen and oxygen atoms in total. The number of rotatable bonds is 3. The van der Waals surface area contributed by atoms with Gasteiger partial charge in [-0.25, -0.2) is 5.84 Å². The number of amides is 1. The van der Waals surface area contributed by atoms with Crippen LogP contribution in [0.25, 0.3) is 0 Å². The minimum Gasteiger partial charge on any atom is -0.394 e. The van der Waals surface area contributed by atoms with Crippen LogP contribution in [0.3, 0.4) is 0 Å². The molecule has 1 saturated heterocycles. The number of carbonyl (C=O) groups excluding carboxylic acids is 1. The van der Waals surface area contributed by atoms with Crippen molar-refractivity contribution in [2.75, 3.05) is 26.3 Å². The molecule has 14 heavy (non-hydrogen) atoms. The van der Waals surface area contributed by atoms with E-state index in [4.69, 9.17) is 15.7 Å². The largest absolute Gasteiger partial charge is 0.394 e. The van der Waals surface area contributed by atoms with Crippen molar-refractivity contribution < 1.29 is 14.6 Å². The molecule has 1 heterocycles.